The lowest BCUT2D eigenvalue weighted by atomic mass is 10.0. The molecule has 0 aliphatic carbocycles. The number of aromatic nitrogens is 1. The van der Waals surface area contributed by atoms with Crippen molar-refractivity contribution in [3.05, 3.63) is 18.0 Å². The fourth-order valence-corrected chi connectivity index (χ4v) is 3.14. The fourth-order valence-electron chi connectivity index (χ4n) is 3.14. The van der Waals surface area contributed by atoms with Gasteiger partial charge in [-0.05, 0) is 25.7 Å². The van der Waals surface area contributed by atoms with Gasteiger partial charge in [-0.2, -0.15) is 0 Å². The molecule has 2 unspecified atom stereocenters. The predicted molar refractivity (Wildman–Crippen MR) is 91.1 cm³/mol. The Morgan fingerprint density at radius 2 is 1.91 bits per heavy atom. The molecule has 1 aromatic heterocycles. The van der Waals surface area contributed by atoms with Crippen molar-refractivity contribution in [1.29, 1.82) is 0 Å². The molecule has 0 N–H and O–H groups in total. The third-order valence-electron chi connectivity index (χ3n) is 4.56. The maximum Gasteiger partial charge on any atom is 0.158 e. The first-order chi connectivity index (χ1) is 11.4. The van der Waals surface area contributed by atoms with Gasteiger partial charge in [-0.15, -0.1) is 0 Å². The molecule has 0 aromatic carbocycles. The molecule has 2 atom stereocenters. The number of nitrogens with zero attached hydrogens (tertiary/aromatic N) is 1. The first-order valence-electron chi connectivity index (χ1n) is 9.57. The highest BCUT2D eigenvalue weighted by atomic mass is 16.7. The van der Waals surface area contributed by atoms with Crippen LogP contribution in [0.15, 0.2) is 16.9 Å². The fraction of sp³-hybridized carbons (Fsp3) is 0.842. The molecule has 1 fully saturated rings. The highest BCUT2D eigenvalue weighted by Gasteiger charge is 2.22. The number of unbranched alkanes of at least 4 members (excludes halogenated alkanes) is 7. The normalized spacial score (nSPS) is 19.8. The maximum atomic E-state index is 6.15. The predicted octanol–water partition coefficient (Wildman–Crippen LogP) is 5.79. The summed E-state index contributed by atoms with van der Waals surface area (Å²) in [6.45, 7) is 3.08. The van der Waals surface area contributed by atoms with Crippen LogP contribution in [0, 0.1) is 0 Å². The van der Waals surface area contributed by atoms with Crippen LogP contribution in [0.4, 0.5) is 0 Å². The Hall–Kier alpha value is -0.870. The van der Waals surface area contributed by atoms with E-state index in [1.165, 1.54) is 57.8 Å². The zero-order valence-corrected chi connectivity index (χ0v) is 14.7. The van der Waals surface area contributed by atoms with Gasteiger partial charge in [0.2, 0.25) is 0 Å². The van der Waals surface area contributed by atoms with Gasteiger partial charge in [-0.25, -0.2) is 0 Å². The second-order valence-electron chi connectivity index (χ2n) is 6.61. The van der Waals surface area contributed by atoms with Gasteiger partial charge < -0.3 is 14.0 Å². The van der Waals surface area contributed by atoms with E-state index >= 15 is 0 Å². The summed E-state index contributed by atoms with van der Waals surface area (Å²) >= 11 is 0. The van der Waals surface area contributed by atoms with E-state index < -0.39 is 0 Å². The summed E-state index contributed by atoms with van der Waals surface area (Å²) < 4.78 is 16.9. The lowest BCUT2D eigenvalue weighted by Gasteiger charge is -2.26. The molecule has 132 valence electrons. The summed E-state index contributed by atoms with van der Waals surface area (Å²) in [6.07, 6.45) is 16.5. The molecule has 0 saturated carbocycles. The Morgan fingerprint density at radius 3 is 2.57 bits per heavy atom. The van der Waals surface area contributed by atoms with Gasteiger partial charge >= 0.3 is 0 Å². The van der Waals surface area contributed by atoms with Gasteiger partial charge in [0.1, 0.15) is 18.1 Å². The smallest absolute Gasteiger partial charge is 0.158 e. The summed E-state index contributed by atoms with van der Waals surface area (Å²) in [5, 5.41) is 4.08. The largest absolute Gasteiger partial charge is 0.364 e. The van der Waals surface area contributed by atoms with Crippen LogP contribution in [-0.4, -0.2) is 18.1 Å². The van der Waals surface area contributed by atoms with Crippen LogP contribution in [0.3, 0.4) is 0 Å². The van der Waals surface area contributed by atoms with Gasteiger partial charge in [-0.1, -0.05) is 63.4 Å². The molecule has 1 aromatic rings. The van der Waals surface area contributed by atoms with Crippen molar-refractivity contribution in [2.24, 2.45) is 0 Å². The molecule has 2 rings (SSSR count). The number of hydrogen-bond donors (Lipinski definition) is 0. The van der Waals surface area contributed by atoms with Crippen molar-refractivity contribution in [2.75, 3.05) is 6.61 Å². The summed E-state index contributed by atoms with van der Waals surface area (Å²) in [6, 6.07) is 1.91. The van der Waals surface area contributed by atoms with Crippen LogP contribution >= 0.6 is 0 Å². The van der Waals surface area contributed by atoms with Gasteiger partial charge in [0.15, 0.2) is 6.29 Å². The molecule has 0 bridgehead atoms. The quantitative estimate of drug-likeness (QED) is 0.457. The standard InChI is InChI=1S/C19H33NO3/c1-2-3-4-5-6-7-8-9-12-18(17-14-16-22-20-17)23-19-13-10-11-15-21-19/h14,16,18-19H,2-13,15H2,1H3. The lowest BCUT2D eigenvalue weighted by Crippen LogP contribution is -2.24. The Labute approximate surface area is 140 Å². The second kappa shape index (κ2) is 11.6. The van der Waals surface area contributed by atoms with Crippen LogP contribution in [0.5, 0.6) is 0 Å². The van der Waals surface area contributed by atoms with Gasteiger partial charge in [0.05, 0.1) is 0 Å². The van der Waals surface area contributed by atoms with Crippen LogP contribution in [0.25, 0.3) is 0 Å². The van der Waals surface area contributed by atoms with Gasteiger partial charge in [0, 0.05) is 12.7 Å². The third kappa shape index (κ3) is 7.49. The SMILES string of the molecule is CCCCCCCCCCC(OC1CCCCO1)c1ccon1. The van der Waals surface area contributed by atoms with E-state index in [0.717, 1.165) is 31.6 Å². The number of rotatable bonds is 12. The average molecular weight is 323 g/mol. The van der Waals surface area contributed by atoms with Crippen LogP contribution in [0.1, 0.15) is 95.8 Å². The number of hydrogen-bond acceptors (Lipinski definition) is 4. The summed E-state index contributed by atoms with van der Waals surface area (Å²) in [5.74, 6) is 0. The molecule has 4 heteroatoms. The van der Waals surface area contributed by atoms with Gasteiger partial charge in [0.25, 0.3) is 0 Å². The summed E-state index contributed by atoms with van der Waals surface area (Å²) in [7, 11) is 0. The van der Waals surface area contributed by atoms with Crippen LogP contribution < -0.4 is 0 Å². The minimum atomic E-state index is -0.0699. The molecule has 1 saturated heterocycles. The molecule has 2 heterocycles. The molecule has 0 spiro atoms. The van der Waals surface area contributed by atoms with E-state index in [1.54, 1.807) is 6.26 Å². The second-order valence-corrected chi connectivity index (χ2v) is 6.61. The molecular formula is C19H33NO3. The molecule has 0 amide bonds. The molecule has 4 nitrogen and oxygen atoms in total. The molecular weight excluding hydrogens is 290 g/mol. The Morgan fingerprint density at radius 1 is 1.13 bits per heavy atom. The molecule has 1 aliphatic heterocycles. The summed E-state index contributed by atoms with van der Waals surface area (Å²) in [5.41, 5.74) is 0.905. The minimum absolute atomic E-state index is 0.0111. The first-order valence-corrected chi connectivity index (χ1v) is 9.57. The monoisotopic (exact) mass is 323 g/mol. The van der Waals surface area contributed by atoms with Crippen LogP contribution in [-0.2, 0) is 9.47 Å². The van der Waals surface area contributed by atoms with E-state index in [2.05, 4.69) is 12.1 Å². The van der Waals surface area contributed by atoms with Crippen molar-refractivity contribution < 1.29 is 14.0 Å². The Balaban J connectivity index is 1.64. The lowest BCUT2D eigenvalue weighted by molar-refractivity contribution is -0.192. The third-order valence-corrected chi connectivity index (χ3v) is 4.56. The topological polar surface area (TPSA) is 44.5 Å². The Kier molecular flexibility index (Phi) is 9.34. The average Bonchev–Trinajstić information content (AvgIpc) is 3.11. The highest BCUT2D eigenvalue weighted by Crippen LogP contribution is 2.27. The van der Waals surface area contributed by atoms with E-state index in [1.807, 2.05) is 6.07 Å². The maximum absolute atomic E-state index is 6.15. The van der Waals surface area contributed by atoms with Crippen molar-refractivity contribution in [3.63, 3.8) is 0 Å². The Bertz CT molecular complexity index is 374. The van der Waals surface area contributed by atoms with E-state index in [0.29, 0.717) is 0 Å². The molecule has 0 radical (unpaired) electrons. The molecule has 23 heavy (non-hydrogen) atoms. The first kappa shape index (κ1) is 18.5. The van der Waals surface area contributed by atoms with Crippen molar-refractivity contribution in [3.8, 4) is 0 Å². The van der Waals surface area contributed by atoms with Crippen molar-refractivity contribution in [1.82, 2.24) is 5.16 Å². The van der Waals surface area contributed by atoms with Crippen molar-refractivity contribution >= 4 is 0 Å². The molecule has 1 aliphatic rings. The highest BCUT2D eigenvalue weighted by molar-refractivity contribution is 5.00. The van der Waals surface area contributed by atoms with E-state index in [4.69, 9.17) is 14.0 Å². The van der Waals surface area contributed by atoms with E-state index in [9.17, 15) is 0 Å². The van der Waals surface area contributed by atoms with Crippen LogP contribution in [0.2, 0.25) is 0 Å². The minimum Gasteiger partial charge on any atom is -0.364 e. The van der Waals surface area contributed by atoms with Gasteiger partial charge in [-0.3, -0.25) is 0 Å². The van der Waals surface area contributed by atoms with E-state index in [-0.39, 0.29) is 12.4 Å². The zero-order valence-electron chi connectivity index (χ0n) is 14.7. The van der Waals surface area contributed by atoms with Crippen molar-refractivity contribution in [2.45, 2.75) is 96.4 Å². The zero-order chi connectivity index (χ0) is 16.2. The number of ether oxygens (including phenoxy) is 2. The summed E-state index contributed by atoms with van der Waals surface area (Å²) in [4.78, 5) is 0.